The van der Waals surface area contributed by atoms with Gasteiger partial charge in [-0.2, -0.15) is 0 Å². The number of amides is 2. The van der Waals surface area contributed by atoms with Gasteiger partial charge in [0.15, 0.2) is 0 Å². The Labute approximate surface area is 131 Å². The Hall–Kier alpha value is -1.88. The summed E-state index contributed by atoms with van der Waals surface area (Å²) in [6, 6.07) is 9.46. The number of nitrogens with one attached hydrogen (secondary N) is 1. The van der Waals surface area contributed by atoms with Gasteiger partial charge in [0.05, 0.1) is 6.04 Å². The van der Waals surface area contributed by atoms with Gasteiger partial charge in [0, 0.05) is 32.0 Å². The van der Waals surface area contributed by atoms with Crippen LogP contribution < -0.4 is 11.1 Å². The third kappa shape index (κ3) is 4.31. The fourth-order valence-electron chi connectivity index (χ4n) is 2.61. The van der Waals surface area contributed by atoms with Crippen LogP contribution in [0, 0.1) is 11.8 Å². The van der Waals surface area contributed by atoms with Crippen molar-refractivity contribution in [2.24, 2.45) is 17.6 Å². The number of nitrogens with zero attached hydrogens (tertiary/aromatic N) is 1. The lowest BCUT2D eigenvalue weighted by molar-refractivity contribution is -0.128. The highest BCUT2D eigenvalue weighted by molar-refractivity contribution is 5.82. The number of carbonyl (C=O) groups excluding carboxylic acids is 2. The summed E-state index contributed by atoms with van der Waals surface area (Å²) in [7, 11) is 0. The molecule has 1 aliphatic rings. The van der Waals surface area contributed by atoms with Crippen molar-refractivity contribution in [3.63, 3.8) is 0 Å². The first-order valence-corrected chi connectivity index (χ1v) is 7.82. The summed E-state index contributed by atoms with van der Waals surface area (Å²) in [6.45, 7) is 5.67. The van der Waals surface area contributed by atoms with Crippen LogP contribution in [0.1, 0.15) is 25.8 Å². The molecule has 1 heterocycles. The third-order valence-electron chi connectivity index (χ3n) is 4.10. The molecule has 3 N–H and O–H groups in total. The third-order valence-corrected chi connectivity index (χ3v) is 4.10. The van der Waals surface area contributed by atoms with Crippen molar-refractivity contribution in [1.29, 1.82) is 0 Å². The number of hydrogen-bond acceptors (Lipinski definition) is 3. The molecule has 5 heteroatoms. The number of likely N-dealkylation sites (tertiary alicyclic amines) is 1. The highest BCUT2D eigenvalue weighted by atomic mass is 16.2. The lowest BCUT2D eigenvalue weighted by Gasteiger charge is -2.18. The minimum absolute atomic E-state index is 0.111. The van der Waals surface area contributed by atoms with Crippen molar-refractivity contribution in [1.82, 2.24) is 10.2 Å². The summed E-state index contributed by atoms with van der Waals surface area (Å²) in [5, 5.41) is 2.87. The molecule has 1 saturated heterocycles. The predicted octanol–water partition coefficient (Wildman–Crippen LogP) is 1.13. The SMILES string of the molecule is CC(C)[C@H](N)C(=O)NCC1CC(=O)N(Cc2ccccc2)C1. The largest absolute Gasteiger partial charge is 0.354 e. The zero-order valence-corrected chi connectivity index (χ0v) is 13.3. The van der Waals surface area contributed by atoms with Gasteiger partial charge in [-0.15, -0.1) is 0 Å². The van der Waals surface area contributed by atoms with E-state index in [2.05, 4.69) is 5.32 Å². The smallest absolute Gasteiger partial charge is 0.237 e. The number of benzene rings is 1. The minimum Gasteiger partial charge on any atom is -0.354 e. The molecular formula is C17H25N3O2. The molecule has 2 amide bonds. The van der Waals surface area contributed by atoms with Crippen LogP contribution in [0.25, 0.3) is 0 Å². The minimum atomic E-state index is -0.488. The maximum absolute atomic E-state index is 12.1. The Morgan fingerprint density at radius 3 is 2.68 bits per heavy atom. The maximum Gasteiger partial charge on any atom is 0.237 e. The second-order valence-corrected chi connectivity index (χ2v) is 6.34. The molecule has 0 aromatic heterocycles. The second kappa shape index (κ2) is 7.40. The van der Waals surface area contributed by atoms with Crippen molar-refractivity contribution >= 4 is 11.8 Å². The summed E-state index contributed by atoms with van der Waals surface area (Å²) in [4.78, 5) is 25.8. The fourth-order valence-corrected chi connectivity index (χ4v) is 2.61. The van der Waals surface area contributed by atoms with E-state index in [9.17, 15) is 9.59 Å². The monoisotopic (exact) mass is 303 g/mol. The Balaban J connectivity index is 1.81. The van der Waals surface area contributed by atoms with E-state index in [0.29, 0.717) is 26.1 Å². The van der Waals surface area contributed by atoms with Crippen molar-refractivity contribution in [2.75, 3.05) is 13.1 Å². The molecule has 22 heavy (non-hydrogen) atoms. The van der Waals surface area contributed by atoms with Crippen LogP contribution in [-0.2, 0) is 16.1 Å². The van der Waals surface area contributed by atoms with Crippen LogP contribution in [0.3, 0.4) is 0 Å². The van der Waals surface area contributed by atoms with Crippen LogP contribution >= 0.6 is 0 Å². The maximum atomic E-state index is 12.1. The first-order chi connectivity index (χ1) is 10.5. The van der Waals surface area contributed by atoms with E-state index in [0.717, 1.165) is 5.56 Å². The molecule has 5 nitrogen and oxygen atoms in total. The van der Waals surface area contributed by atoms with Crippen molar-refractivity contribution in [2.45, 2.75) is 32.9 Å². The lowest BCUT2D eigenvalue weighted by atomic mass is 10.0. The predicted molar refractivity (Wildman–Crippen MR) is 85.8 cm³/mol. The molecule has 1 aromatic carbocycles. The Kier molecular flexibility index (Phi) is 5.55. The Morgan fingerprint density at radius 1 is 1.36 bits per heavy atom. The van der Waals surface area contributed by atoms with Crippen LogP contribution in [0.2, 0.25) is 0 Å². The molecule has 0 bridgehead atoms. The van der Waals surface area contributed by atoms with E-state index in [1.54, 1.807) is 0 Å². The Bertz CT molecular complexity index is 516. The molecule has 1 aromatic rings. The zero-order chi connectivity index (χ0) is 16.1. The standard InChI is InChI=1S/C17H25N3O2/c1-12(2)16(18)17(22)19-9-14-8-15(21)20(11-14)10-13-6-4-3-5-7-13/h3-7,12,14,16H,8-11,18H2,1-2H3,(H,19,22)/t14?,16-/m0/s1. The fraction of sp³-hybridized carbons (Fsp3) is 0.529. The van der Waals surface area contributed by atoms with E-state index in [4.69, 9.17) is 5.73 Å². The average Bonchev–Trinajstić information content (AvgIpc) is 2.85. The van der Waals surface area contributed by atoms with Crippen LogP contribution in [0.15, 0.2) is 30.3 Å². The van der Waals surface area contributed by atoms with E-state index < -0.39 is 6.04 Å². The quantitative estimate of drug-likeness (QED) is 0.827. The van der Waals surface area contributed by atoms with Gasteiger partial charge < -0.3 is 16.0 Å². The van der Waals surface area contributed by atoms with Gasteiger partial charge in [0.25, 0.3) is 0 Å². The van der Waals surface area contributed by atoms with Crippen LogP contribution in [-0.4, -0.2) is 35.8 Å². The van der Waals surface area contributed by atoms with Crippen LogP contribution in [0.5, 0.6) is 0 Å². The van der Waals surface area contributed by atoms with Crippen molar-refractivity contribution < 1.29 is 9.59 Å². The van der Waals surface area contributed by atoms with Gasteiger partial charge >= 0.3 is 0 Å². The number of nitrogens with two attached hydrogens (primary N) is 1. The van der Waals surface area contributed by atoms with E-state index >= 15 is 0 Å². The molecule has 0 spiro atoms. The number of rotatable bonds is 6. The topological polar surface area (TPSA) is 75.4 Å². The van der Waals surface area contributed by atoms with Crippen molar-refractivity contribution in [3.8, 4) is 0 Å². The molecule has 2 rings (SSSR count). The molecular weight excluding hydrogens is 278 g/mol. The van der Waals surface area contributed by atoms with E-state index in [1.807, 2.05) is 49.1 Å². The molecule has 0 saturated carbocycles. The molecule has 120 valence electrons. The van der Waals surface area contributed by atoms with Gasteiger partial charge in [-0.3, -0.25) is 9.59 Å². The van der Waals surface area contributed by atoms with Gasteiger partial charge in [-0.05, 0) is 11.5 Å². The highest BCUT2D eigenvalue weighted by Crippen LogP contribution is 2.19. The number of carbonyl (C=O) groups is 2. The van der Waals surface area contributed by atoms with Crippen LogP contribution in [0.4, 0.5) is 0 Å². The summed E-state index contributed by atoms with van der Waals surface area (Å²) >= 11 is 0. The first kappa shape index (κ1) is 16.5. The van der Waals surface area contributed by atoms with Gasteiger partial charge in [-0.25, -0.2) is 0 Å². The second-order valence-electron chi connectivity index (χ2n) is 6.34. The molecule has 2 atom stereocenters. The summed E-state index contributed by atoms with van der Waals surface area (Å²) in [5.74, 6) is 0.291. The first-order valence-electron chi connectivity index (χ1n) is 7.82. The normalized spacial score (nSPS) is 19.5. The summed E-state index contributed by atoms with van der Waals surface area (Å²) in [5.41, 5.74) is 6.94. The number of hydrogen-bond donors (Lipinski definition) is 2. The van der Waals surface area contributed by atoms with Gasteiger partial charge in [-0.1, -0.05) is 44.2 Å². The van der Waals surface area contributed by atoms with E-state index in [-0.39, 0.29) is 23.7 Å². The Morgan fingerprint density at radius 2 is 2.05 bits per heavy atom. The average molecular weight is 303 g/mol. The molecule has 0 aliphatic carbocycles. The highest BCUT2D eigenvalue weighted by Gasteiger charge is 2.30. The molecule has 1 unspecified atom stereocenters. The molecule has 1 fully saturated rings. The zero-order valence-electron chi connectivity index (χ0n) is 13.3. The van der Waals surface area contributed by atoms with Gasteiger partial charge in [0.1, 0.15) is 0 Å². The van der Waals surface area contributed by atoms with Crippen molar-refractivity contribution in [3.05, 3.63) is 35.9 Å². The molecule has 1 aliphatic heterocycles. The molecule has 0 radical (unpaired) electrons. The van der Waals surface area contributed by atoms with E-state index in [1.165, 1.54) is 0 Å². The summed E-state index contributed by atoms with van der Waals surface area (Å²) in [6.07, 6.45) is 0.490. The lowest BCUT2D eigenvalue weighted by Crippen LogP contribution is -2.45. The summed E-state index contributed by atoms with van der Waals surface area (Å²) < 4.78 is 0. The van der Waals surface area contributed by atoms with Gasteiger partial charge in [0.2, 0.25) is 11.8 Å².